The molecule has 0 radical (unpaired) electrons. The first-order valence-corrected chi connectivity index (χ1v) is 13.9. The molecule has 0 unspecified atom stereocenters. The van der Waals surface area contributed by atoms with Crippen LogP contribution in [-0.4, -0.2) is 70.4 Å². The molecule has 2 fully saturated rings. The Labute approximate surface area is 229 Å². The van der Waals surface area contributed by atoms with Crippen LogP contribution < -0.4 is 21.4 Å². The Morgan fingerprint density at radius 2 is 1.62 bits per heavy atom. The van der Waals surface area contributed by atoms with Gasteiger partial charge in [0, 0.05) is 19.4 Å². The summed E-state index contributed by atoms with van der Waals surface area (Å²) in [5.74, 6) is -2.20. The topological polar surface area (TPSA) is 157 Å². The number of carbonyl (C=O) groups excluding carboxylic acids is 5. The van der Waals surface area contributed by atoms with E-state index in [2.05, 4.69) is 16.0 Å². The van der Waals surface area contributed by atoms with E-state index in [1.165, 1.54) is 4.90 Å². The van der Waals surface area contributed by atoms with E-state index in [-0.39, 0.29) is 30.6 Å². The van der Waals surface area contributed by atoms with E-state index in [0.29, 0.717) is 38.6 Å². The number of rotatable bonds is 10. The number of hydrogen-bond donors (Lipinski definition) is 5. The van der Waals surface area contributed by atoms with E-state index < -0.39 is 41.9 Å². The number of carbonyl (C=O) groups is 5. The zero-order valence-corrected chi connectivity index (χ0v) is 22.8. The number of fused-ring (bicyclic) bond motifs is 1. The van der Waals surface area contributed by atoms with Crippen molar-refractivity contribution in [2.45, 2.75) is 95.8 Å². The van der Waals surface area contributed by atoms with Gasteiger partial charge in [-0.3, -0.25) is 29.2 Å². The zero-order valence-electron chi connectivity index (χ0n) is 22.8. The van der Waals surface area contributed by atoms with Crippen LogP contribution in [0.4, 0.5) is 0 Å². The molecule has 39 heavy (non-hydrogen) atoms. The van der Waals surface area contributed by atoms with Gasteiger partial charge in [-0.2, -0.15) is 0 Å². The van der Waals surface area contributed by atoms with Crippen LogP contribution in [0, 0.1) is 5.92 Å². The Morgan fingerprint density at radius 3 is 2.31 bits per heavy atom. The Kier molecular flexibility index (Phi) is 11.3. The summed E-state index contributed by atoms with van der Waals surface area (Å²) in [6, 6.07) is 5.99. The maximum Gasteiger partial charge on any atom is 0.246 e. The number of unbranched alkanes of at least 4 members (excludes halogenated alkanes) is 3. The van der Waals surface area contributed by atoms with E-state index in [1.807, 2.05) is 44.2 Å². The highest BCUT2D eigenvalue weighted by atomic mass is 16.5. The summed E-state index contributed by atoms with van der Waals surface area (Å²) >= 11 is 0. The standard InChI is InChI=1S/C28H41N5O6/c1-18(2)24-28(38)33-16-10-14-22(33)27(37)29-20(13-8-3-4-9-15-23(34)32-39)25(35)30-21(26(36)31-24)17-19-11-6-5-7-12-19/h5-7,11-12,18,20-22,24,39H,3-4,8-10,13-17H2,1-2H3,(H,29,37)(H,30,35)(H,31,36)(H,32,34)/t20-,21-,22+,24-/m0/s1. The van der Waals surface area contributed by atoms with Crippen LogP contribution in [-0.2, 0) is 30.4 Å². The number of nitrogens with one attached hydrogen (secondary N) is 4. The van der Waals surface area contributed by atoms with Crippen molar-refractivity contribution in [3.8, 4) is 0 Å². The van der Waals surface area contributed by atoms with Crippen molar-refractivity contribution in [1.29, 1.82) is 0 Å². The fourth-order valence-electron chi connectivity index (χ4n) is 5.16. The lowest BCUT2D eigenvalue weighted by atomic mass is 9.98. The van der Waals surface area contributed by atoms with E-state index in [1.54, 1.807) is 5.48 Å². The van der Waals surface area contributed by atoms with Gasteiger partial charge in [-0.05, 0) is 37.2 Å². The Hall–Kier alpha value is -3.47. The van der Waals surface area contributed by atoms with Crippen LogP contribution in [0.3, 0.4) is 0 Å². The summed E-state index contributed by atoms with van der Waals surface area (Å²) < 4.78 is 0. The Balaban J connectivity index is 1.80. The summed E-state index contributed by atoms with van der Waals surface area (Å²) in [4.78, 5) is 66.5. The highest BCUT2D eigenvalue weighted by Gasteiger charge is 2.41. The monoisotopic (exact) mass is 543 g/mol. The van der Waals surface area contributed by atoms with Crippen molar-refractivity contribution in [2.75, 3.05) is 6.54 Å². The zero-order chi connectivity index (χ0) is 28.4. The second kappa shape index (κ2) is 14.6. The lowest BCUT2D eigenvalue weighted by Gasteiger charge is -2.33. The molecule has 11 heteroatoms. The Morgan fingerprint density at radius 1 is 0.949 bits per heavy atom. The predicted molar refractivity (Wildman–Crippen MR) is 143 cm³/mol. The normalized spacial score (nSPS) is 24.3. The first-order valence-electron chi connectivity index (χ1n) is 13.9. The fourth-order valence-corrected chi connectivity index (χ4v) is 5.16. The molecule has 0 spiro atoms. The molecule has 0 aromatic heterocycles. The quantitative estimate of drug-likeness (QED) is 0.170. The molecule has 0 bridgehead atoms. The van der Waals surface area contributed by atoms with Gasteiger partial charge >= 0.3 is 0 Å². The second-order valence-corrected chi connectivity index (χ2v) is 10.7. The fraction of sp³-hybridized carbons (Fsp3) is 0.607. The van der Waals surface area contributed by atoms with Gasteiger partial charge in [0.25, 0.3) is 0 Å². The summed E-state index contributed by atoms with van der Waals surface area (Å²) in [7, 11) is 0. The van der Waals surface area contributed by atoms with Gasteiger partial charge in [0.1, 0.15) is 24.2 Å². The van der Waals surface area contributed by atoms with Crippen molar-refractivity contribution in [1.82, 2.24) is 26.3 Å². The van der Waals surface area contributed by atoms with Gasteiger partial charge in [0.05, 0.1) is 0 Å². The number of benzene rings is 1. The van der Waals surface area contributed by atoms with Gasteiger partial charge in [0.15, 0.2) is 0 Å². The van der Waals surface area contributed by atoms with Gasteiger partial charge in [-0.15, -0.1) is 0 Å². The molecule has 11 nitrogen and oxygen atoms in total. The number of hydroxylamine groups is 1. The van der Waals surface area contributed by atoms with Crippen molar-refractivity contribution in [3.05, 3.63) is 35.9 Å². The minimum Gasteiger partial charge on any atom is -0.343 e. The molecule has 0 saturated carbocycles. The van der Waals surface area contributed by atoms with Gasteiger partial charge in [-0.1, -0.05) is 63.4 Å². The molecular weight excluding hydrogens is 502 g/mol. The van der Waals surface area contributed by atoms with Crippen LogP contribution in [0.1, 0.15) is 70.8 Å². The van der Waals surface area contributed by atoms with E-state index in [0.717, 1.165) is 18.4 Å². The third-order valence-electron chi connectivity index (χ3n) is 7.39. The largest absolute Gasteiger partial charge is 0.343 e. The summed E-state index contributed by atoms with van der Waals surface area (Å²) in [5, 5.41) is 17.2. The maximum atomic E-state index is 13.5. The average molecular weight is 544 g/mol. The molecule has 2 saturated heterocycles. The molecular formula is C28H41N5O6. The minimum absolute atomic E-state index is 0.205. The van der Waals surface area contributed by atoms with Crippen molar-refractivity contribution in [2.24, 2.45) is 5.92 Å². The van der Waals surface area contributed by atoms with Crippen LogP contribution in [0.5, 0.6) is 0 Å². The SMILES string of the molecule is CC(C)[C@@H]1NC(=O)[C@H](Cc2ccccc2)NC(=O)[C@H](CCCCCCC(=O)NO)NC(=O)[C@H]2CCCN2C1=O. The molecule has 3 rings (SSSR count). The van der Waals surface area contributed by atoms with E-state index in [9.17, 15) is 24.0 Å². The smallest absolute Gasteiger partial charge is 0.246 e. The molecule has 5 N–H and O–H groups in total. The second-order valence-electron chi connectivity index (χ2n) is 10.7. The van der Waals surface area contributed by atoms with Crippen molar-refractivity contribution >= 4 is 29.5 Å². The molecule has 2 heterocycles. The molecule has 2 aliphatic heterocycles. The summed E-state index contributed by atoms with van der Waals surface area (Å²) in [5.41, 5.74) is 2.46. The molecule has 0 aliphatic carbocycles. The van der Waals surface area contributed by atoms with E-state index in [4.69, 9.17) is 5.21 Å². The lowest BCUT2D eigenvalue weighted by Crippen LogP contribution is -2.62. The van der Waals surface area contributed by atoms with Crippen LogP contribution in [0.15, 0.2) is 30.3 Å². The molecule has 4 atom stereocenters. The third-order valence-corrected chi connectivity index (χ3v) is 7.39. The third kappa shape index (κ3) is 8.51. The van der Waals surface area contributed by atoms with E-state index >= 15 is 0 Å². The van der Waals surface area contributed by atoms with Gasteiger partial charge in [0.2, 0.25) is 29.5 Å². The molecule has 2 aliphatic rings. The first-order chi connectivity index (χ1) is 18.7. The predicted octanol–water partition coefficient (Wildman–Crippen LogP) is 1.19. The number of amides is 5. The first kappa shape index (κ1) is 30.1. The number of nitrogens with zero attached hydrogens (tertiary/aromatic N) is 1. The highest BCUT2D eigenvalue weighted by molar-refractivity contribution is 5.98. The highest BCUT2D eigenvalue weighted by Crippen LogP contribution is 2.22. The molecule has 1 aromatic rings. The summed E-state index contributed by atoms with van der Waals surface area (Å²) in [6.07, 6.45) is 4.58. The lowest BCUT2D eigenvalue weighted by molar-refractivity contribution is -0.144. The molecule has 1 aromatic carbocycles. The van der Waals surface area contributed by atoms with Crippen molar-refractivity contribution in [3.63, 3.8) is 0 Å². The van der Waals surface area contributed by atoms with Crippen molar-refractivity contribution < 1.29 is 29.2 Å². The van der Waals surface area contributed by atoms with Crippen LogP contribution in [0.2, 0.25) is 0 Å². The summed E-state index contributed by atoms with van der Waals surface area (Å²) in [6.45, 7) is 4.11. The molecule has 214 valence electrons. The van der Waals surface area contributed by atoms with Crippen LogP contribution in [0.25, 0.3) is 0 Å². The number of hydrogen-bond acceptors (Lipinski definition) is 6. The molecule has 5 amide bonds. The van der Waals surface area contributed by atoms with Crippen LogP contribution >= 0.6 is 0 Å². The maximum absolute atomic E-state index is 13.5. The Bertz CT molecular complexity index is 1020. The van der Waals surface area contributed by atoms with Gasteiger partial charge in [-0.25, -0.2) is 5.48 Å². The minimum atomic E-state index is -0.931. The average Bonchev–Trinajstić information content (AvgIpc) is 3.42. The van der Waals surface area contributed by atoms with Gasteiger partial charge < -0.3 is 20.9 Å².